The summed E-state index contributed by atoms with van der Waals surface area (Å²) in [6.45, 7) is 0. The molecule has 0 aliphatic heterocycles. The normalized spacial score (nSPS) is 11.8. The van der Waals surface area contributed by atoms with E-state index in [9.17, 15) is 13.2 Å². The molecule has 0 unspecified atom stereocenters. The number of rotatable bonds is 2. The van der Waals surface area contributed by atoms with Gasteiger partial charge in [-0.05, 0) is 24.5 Å². The molecular formula is C10H8F3N3S. The summed E-state index contributed by atoms with van der Waals surface area (Å²) in [5.74, 6) is 0. The van der Waals surface area contributed by atoms with Gasteiger partial charge < -0.3 is 0 Å². The van der Waals surface area contributed by atoms with E-state index in [1.807, 2.05) is 11.4 Å². The molecule has 17 heavy (non-hydrogen) atoms. The second-order valence-corrected chi connectivity index (χ2v) is 4.13. The van der Waals surface area contributed by atoms with Gasteiger partial charge in [0.1, 0.15) is 11.4 Å². The number of aromatic amines is 1. The molecule has 0 saturated carbocycles. The molecule has 0 bridgehead atoms. The Kier molecular flexibility index (Phi) is 3.10. The van der Waals surface area contributed by atoms with Gasteiger partial charge in [0, 0.05) is 11.1 Å². The number of thioether (sulfide) groups is 1. The van der Waals surface area contributed by atoms with Crippen LogP contribution in [-0.4, -0.2) is 21.4 Å². The summed E-state index contributed by atoms with van der Waals surface area (Å²) in [4.78, 5) is 4.91. The Hall–Kier alpha value is -1.50. The van der Waals surface area contributed by atoms with Crippen molar-refractivity contribution in [3.63, 3.8) is 0 Å². The molecule has 2 aromatic rings. The van der Waals surface area contributed by atoms with E-state index in [1.165, 1.54) is 11.8 Å². The molecule has 0 aliphatic carbocycles. The quantitative estimate of drug-likeness (QED) is 0.842. The van der Waals surface area contributed by atoms with E-state index >= 15 is 0 Å². The molecule has 0 spiro atoms. The molecule has 0 saturated heterocycles. The van der Waals surface area contributed by atoms with Crippen LogP contribution >= 0.6 is 11.8 Å². The minimum absolute atomic E-state index is 0.188. The van der Waals surface area contributed by atoms with Gasteiger partial charge >= 0.3 is 6.18 Å². The van der Waals surface area contributed by atoms with Crippen molar-refractivity contribution < 1.29 is 13.2 Å². The fourth-order valence-electron chi connectivity index (χ4n) is 1.28. The van der Waals surface area contributed by atoms with Gasteiger partial charge in [-0.15, -0.1) is 11.8 Å². The Bertz CT molecular complexity index is 522. The molecule has 0 fully saturated rings. The largest absolute Gasteiger partial charge is 0.432 e. The first-order valence-electron chi connectivity index (χ1n) is 4.64. The lowest BCUT2D eigenvalue weighted by Crippen LogP contribution is -2.04. The molecule has 0 aromatic carbocycles. The lowest BCUT2D eigenvalue weighted by molar-refractivity contribution is -0.141. The summed E-state index contributed by atoms with van der Waals surface area (Å²) >= 11 is 1.49. The van der Waals surface area contributed by atoms with Crippen LogP contribution in [0.1, 0.15) is 5.69 Å². The Morgan fingerprint density at radius 3 is 2.59 bits per heavy atom. The van der Waals surface area contributed by atoms with Crippen LogP contribution in [0.5, 0.6) is 0 Å². The number of nitrogens with zero attached hydrogens (tertiary/aromatic N) is 2. The number of nitrogens with one attached hydrogen (secondary N) is 1. The van der Waals surface area contributed by atoms with Crippen molar-refractivity contribution >= 4 is 11.8 Å². The number of halogens is 3. The molecule has 1 N–H and O–H groups in total. The van der Waals surface area contributed by atoms with Gasteiger partial charge in [-0.25, -0.2) is 0 Å². The van der Waals surface area contributed by atoms with Gasteiger partial charge in [0.2, 0.25) is 0 Å². The van der Waals surface area contributed by atoms with E-state index < -0.39 is 11.9 Å². The van der Waals surface area contributed by atoms with Crippen molar-refractivity contribution in [2.45, 2.75) is 11.1 Å². The van der Waals surface area contributed by atoms with E-state index in [1.54, 1.807) is 18.3 Å². The molecule has 0 aliphatic rings. The second-order valence-electron chi connectivity index (χ2n) is 3.25. The third-order valence-corrected chi connectivity index (χ3v) is 2.84. The van der Waals surface area contributed by atoms with Crippen LogP contribution in [0.15, 0.2) is 29.3 Å². The highest BCUT2D eigenvalue weighted by Crippen LogP contribution is 2.30. The molecule has 2 aromatic heterocycles. The number of pyridine rings is 1. The highest BCUT2D eigenvalue weighted by molar-refractivity contribution is 7.98. The van der Waals surface area contributed by atoms with E-state index in [4.69, 9.17) is 0 Å². The minimum Gasteiger partial charge on any atom is -0.273 e. The molecule has 7 heteroatoms. The van der Waals surface area contributed by atoms with Crippen LogP contribution < -0.4 is 0 Å². The molecule has 0 radical (unpaired) electrons. The predicted octanol–water partition coefficient (Wildman–Crippen LogP) is 3.21. The van der Waals surface area contributed by atoms with Crippen molar-refractivity contribution in [2.24, 2.45) is 0 Å². The number of hydrogen-bond acceptors (Lipinski definition) is 3. The van der Waals surface area contributed by atoms with Crippen LogP contribution in [0, 0.1) is 0 Å². The van der Waals surface area contributed by atoms with Crippen LogP contribution in [0.2, 0.25) is 0 Å². The third kappa shape index (κ3) is 2.60. The predicted molar refractivity (Wildman–Crippen MR) is 58.6 cm³/mol. The zero-order valence-electron chi connectivity index (χ0n) is 8.75. The second kappa shape index (κ2) is 4.40. The standard InChI is InChI=1S/C10H8F3N3S/c1-17-6-2-3-14-7(4-6)8-5-9(16-15-8)10(11,12)13/h2-5H,1H3,(H,15,16). The lowest BCUT2D eigenvalue weighted by Gasteiger charge is -2.00. The molecule has 2 heterocycles. The zero-order valence-corrected chi connectivity index (χ0v) is 9.56. The SMILES string of the molecule is CSc1ccnc(-c2cc(C(F)(F)F)[nH]n2)c1. The molecule has 90 valence electrons. The maximum atomic E-state index is 12.4. The maximum absolute atomic E-state index is 12.4. The van der Waals surface area contributed by atoms with E-state index in [0.29, 0.717) is 5.69 Å². The first kappa shape index (κ1) is 12.0. The minimum atomic E-state index is -4.41. The van der Waals surface area contributed by atoms with Crippen molar-refractivity contribution in [3.05, 3.63) is 30.1 Å². The Morgan fingerprint density at radius 1 is 1.24 bits per heavy atom. The fraction of sp³-hybridized carbons (Fsp3) is 0.200. The summed E-state index contributed by atoms with van der Waals surface area (Å²) in [6.07, 6.45) is -0.990. The van der Waals surface area contributed by atoms with Gasteiger partial charge in [0.05, 0.1) is 5.69 Å². The van der Waals surface area contributed by atoms with Gasteiger partial charge in [-0.3, -0.25) is 10.1 Å². The summed E-state index contributed by atoms with van der Waals surface area (Å²) in [7, 11) is 0. The Labute approximate surface area is 99.5 Å². The first-order valence-corrected chi connectivity index (χ1v) is 5.86. The van der Waals surface area contributed by atoms with E-state index in [0.717, 1.165) is 11.0 Å². The molecule has 0 amide bonds. The first-order chi connectivity index (χ1) is 8.00. The molecule has 3 nitrogen and oxygen atoms in total. The lowest BCUT2D eigenvalue weighted by atomic mass is 10.2. The highest BCUT2D eigenvalue weighted by Gasteiger charge is 2.33. The number of hydrogen-bond donors (Lipinski definition) is 1. The average molecular weight is 259 g/mol. The zero-order chi connectivity index (χ0) is 12.5. The van der Waals surface area contributed by atoms with Gasteiger partial charge in [0.25, 0.3) is 0 Å². The average Bonchev–Trinajstić information content (AvgIpc) is 2.78. The van der Waals surface area contributed by atoms with Gasteiger partial charge in [0.15, 0.2) is 0 Å². The number of H-pyrrole nitrogens is 1. The summed E-state index contributed by atoms with van der Waals surface area (Å²) in [5, 5.41) is 5.57. The van der Waals surface area contributed by atoms with Crippen molar-refractivity contribution in [1.82, 2.24) is 15.2 Å². The molecule has 0 atom stereocenters. The molecular weight excluding hydrogens is 251 g/mol. The van der Waals surface area contributed by atoms with Crippen molar-refractivity contribution in [3.8, 4) is 11.4 Å². The third-order valence-electron chi connectivity index (χ3n) is 2.11. The topological polar surface area (TPSA) is 41.6 Å². The maximum Gasteiger partial charge on any atom is 0.432 e. The van der Waals surface area contributed by atoms with E-state index in [-0.39, 0.29) is 5.69 Å². The van der Waals surface area contributed by atoms with Crippen molar-refractivity contribution in [2.75, 3.05) is 6.26 Å². The van der Waals surface area contributed by atoms with E-state index in [2.05, 4.69) is 10.1 Å². The highest BCUT2D eigenvalue weighted by atomic mass is 32.2. The monoisotopic (exact) mass is 259 g/mol. The van der Waals surface area contributed by atoms with Gasteiger partial charge in [-0.1, -0.05) is 0 Å². The number of alkyl halides is 3. The summed E-state index contributed by atoms with van der Waals surface area (Å²) in [6, 6.07) is 4.43. The summed E-state index contributed by atoms with van der Waals surface area (Å²) < 4.78 is 37.1. The summed E-state index contributed by atoms with van der Waals surface area (Å²) in [5.41, 5.74) is -0.263. The smallest absolute Gasteiger partial charge is 0.273 e. The van der Waals surface area contributed by atoms with Gasteiger partial charge in [-0.2, -0.15) is 18.3 Å². The fourth-order valence-corrected chi connectivity index (χ4v) is 1.70. The Morgan fingerprint density at radius 2 is 2.00 bits per heavy atom. The van der Waals surface area contributed by atoms with Crippen LogP contribution in [0.3, 0.4) is 0 Å². The van der Waals surface area contributed by atoms with Crippen LogP contribution in [0.25, 0.3) is 11.4 Å². The number of aromatic nitrogens is 3. The Balaban J connectivity index is 2.37. The molecule has 2 rings (SSSR count). The van der Waals surface area contributed by atoms with Crippen LogP contribution in [-0.2, 0) is 6.18 Å². The van der Waals surface area contributed by atoms with Crippen LogP contribution in [0.4, 0.5) is 13.2 Å². The van der Waals surface area contributed by atoms with Crippen molar-refractivity contribution in [1.29, 1.82) is 0 Å².